The Balaban J connectivity index is 0.000000409. The number of hydrogen-bond donors (Lipinski definition) is 0. The van der Waals surface area contributed by atoms with Crippen molar-refractivity contribution >= 4 is 11.0 Å². The summed E-state index contributed by atoms with van der Waals surface area (Å²) in [7, 11) is -0.333. The van der Waals surface area contributed by atoms with Gasteiger partial charge in [0, 0.05) is 0 Å². The number of benzene rings is 2. The van der Waals surface area contributed by atoms with Crippen molar-refractivity contribution in [3.05, 3.63) is 90.0 Å². The first-order chi connectivity index (χ1) is 10.7. The molecule has 0 unspecified atom stereocenters. The van der Waals surface area contributed by atoms with Crippen molar-refractivity contribution in [1.82, 2.24) is 0 Å². The van der Waals surface area contributed by atoms with E-state index in [1.165, 1.54) is 22.3 Å². The maximum atomic E-state index is 3.30. The second kappa shape index (κ2) is 12.9. The van der Waals surface area contributed by atoms with Crippen molar-refractivity contribution in [2.24, 2.45) is 0 Å². The third-order valence-corrected chi connectivity index (χ3v) is 3.17. The van der Waals surface area contributed by atoms with Crippen LogP contribution in [0.15, 0.2) is 72.8 Å². The van der Waals surface area contributed by atoms with Crippen LogP contribution >= 0.6 is 0 Å². The molecule has 3 aromatic carbocycles. The summed E-state index contributed by atoms with van der Waals surface area (Å²) in [6.45, 7) is 0. The molecule has 0 spiro atoms. The minimum atomic E-state index is -0.333. The van der Waals surface area contributed by atoms with Gasteiger partial charge in [0.1, 0.15) is 0 Å². The maximum Gasteiger partial charge on any atom is -0.0253 e. The quantitative estimate of drug-likeness (QED) is 0.244. The normalized spacial score (nSPS) is 9.50. The topological polar surface area (TPSA) is 0 Å². The molecule has 3 aromatic rings. The summed E-state index contributed by atoms with van der Waals surface area (Å²) in [6.07, 6.45) is 1.05. The minimum Gasteiger partial charge on any atom is -1.00 e. The van der Waals surface area contributed by atoms with Gasteiger partial charge in [-0.1, -0.05) is 35.4 Å². The van der Waals surface area contributed by atoms with E-state index in [2.05, 4.69) is 71.6 Å². The Morgan fingerprint density at radius 2 is 1.50 bits per heavy atom. The largest absolute Gasteiger partial charge is 1.00 e. The molecule has 24 heavy (non-hydrogen) atoms. The fourth-order valence-electron chi connectivity index (χ4n) is 2.32. The summed E-state index contributed by atoms with van der Waals surface area (Å²) in [5.41, 5.74) is 5.51. The van der Waals surface area contributed by atoms with Crippen LogP contribution in [-0.2, 0) is 24.0 Å². The molecule has 0 aromatic heterocycles. The third kappa shape index (κ3) is 7.67. The standard InChI is InChI=1S/C13H9.C5H5.C2H6Ge.2ClH.Ti/c1-3-7-12-10(5-1)9-11-6-2-4-8-13(11)12;1-2-4-5-3-1;1-3-2;;;/h1-5,7-8H,9H2;1-5H;1-2H3;2*1H;/q2*-1;;;;+2/p-2. The van der Waals surface area contributed by atoms with E-state index in [-0.39, 0.29) is 35.8 Å². The van der Waals surface area contributed by atoms with E-state index < -0.39 is 0 Å². The van der Waals surface area contributed by atoms with Gasteiger partial charge in [0.2, 0.25) is 0 Å². The van der Waals surface area contributed by atoms with Crippen molar-refractivity contribution in [1.29, 1.82) is 0 Å². The number of hydrogen-bond acceptors (Lipinski definition) is 0. The third-order valence-electron chi connectivity index (χ3n) is 3.17. The second-order valence-corrected chi connectivity index (χ2v) is 17.7. The van der Waals surface area contributed by atoms with Crippen LogP contribution in [0.4, 0.5) is 0 Å². The fraction of sp³-hybridized carbons (Fsp3) is 0.150. The van der Waals surface area contributed by atoms with E-state index in [1.807, 2.05) is 36.4 Å². The monoisotopic (exact) mass is 452 g/mol. The molecule has 124 valence electrons. The molecule has 0 nitrogen and oxygen atoms in total. The first kappa shape index (κ1) is 23.6. The van der Waals surface area contributed by atoms with Gasteiger partial charge in [-0.3, -0.25) is 0 Å². The molecule has 0 radical (unpaired) electrons. The Bertz CT molecular complexity index is 659. The molecule has 0 aliphatic heterocycles. The van der Waals surface area contributed by atoms with Gasteiger partial charge in [-0.15, -0.1) is 5.56 Å². The molecule has 0 N–H and O–H groups in total. The van der Waals surface area contributed by atoms with E-state index in [4.69, 9.17) is 0 Å². The Hall–Kier alpha value is -0.373. The summed E-state index contributed by atoms with van der Waals surface area (Å²) in [6, 6.07) is 28.1. The molecule has 0 heterocycles. The van der Waals surface area contributed by atoms with Crippen LogP contribution in [-0.4, -0.2) is 11.0 Å². The summed E-state index contributed by atoms with van der Waals surface area (Å²) in [5.74, 6) is 4.67. The smallest absolute Gasteiger partial charge is 0.0253 e. The molecular weight excluding hydrogens is 432 g/mol. The molecule has 0 atom stereocenters. The Labute approximate surface area is 171 Å². The molecule has 0 fully saturated rings. The van der Waals surface area contributed by atoms with Crippen LogP contribution in [0.25, 0.3) is 11.1 Å². The predicted octanol–water partition coefficient (Wildman–Crippen LogP) is -0.744. The molecule has 0 bridgehead atoms. The zero-order valence-corrected chi connectivity index (χ0v) is 19.1. The fourth-order valence-corrected chi connectivity index (χ4v) is 2.32. The van der Waals surface area contributed by atoms with Crippen molar-refractivity contribution < 1.29 is 42.4 Å². The molecule has 4 heteroatoms. The van der Waals surface area contributed by atoms with Crippen molar-refractivity contribution in [3.63, 3.8) is 0 Å². The molecule has 0 saturated heterocycles. The van der Waals surface area contributed by atoms with Crippen molar-refractivity contribution in [2.45, 2.75) is 17.9 Å². The van der Waals surface area contributed by atoms with Gasteiger partial charge in [0.25, 0.3) is 0 Å². The zero-order chi connectivity index (χ0) is 15.8. The zero-order valence-electron chi connectivity index (χ0n) is 13.9. The Kier molecular flexibility index (Phi) is 12.7. The van der Waals surface area contributed by atoms with Gasteiger partial charge in [0.05, 0.1) is 0 Å². The summed E-state index contributed by atoms with van der Waals surface area (Å²) >= 11 is 2.33. The second-order valence-electron chi connectivity index (χ2n) is 5.36. The van der Waals surface area contributed by atoms with Gasteiger partial charge in [-0.05, 0) is 6.42 Å². The van der Waals surface area contributed by atoms with Crippen LogP contribution < -0.4 is 24.8 Å². The van der Waals surface area contributed by atoms with Crippen LogP contribution in [0.1, 0.15) is 11.1 Å². The van der Waals surface area contributed by atoms with Crippen LogP contribution in [0.5, 0.6) is 0 Å². The molecule has 1 aliphatic carbocycles. The van der Waals surface area contributed by atoms with Gasteiger partial charge in [-0.25, -0.2) is 12.1 Å². The van der Waals surface area contributed by atoms with E-state index in [0.717, 1.165) is 6.42 Å². The van der Waals surface area contributed by atoms with Gasteiger partial charge < -0.3 is 24.8 Å². The van der Waals surface area contributed by atoms with Crippen LogP contribution in [0.3, 0.4) is 0 Å². The van der Waals surface area contributed by atoms with Gasteiger partial charge in [0.15, 0.2) is 0 Å². The van der Waals surface area contributed by atoms with E-state index in [9.17, 15) is 0 Å². The Morgan fingerprint density at radius 1 is 0.917 bits per heavy atom. The summed E-state index contributed by atoms with van der Waals surface area (Å²) in [4.78, 5) is 0. The number of fused-ring (bicyclic) bond motifs is 3. The molecule has 0 amide bonds. The maximum absolute atomic E-state index is 3.30. The predicted molar refractivity (Wildman–Crippen MR) is 93.0 cm³/mol. The van der Waals surface area contributed by atoms with Crippen LogP contribution in [0.2, 0.25) is 11.5 Å². The first-order valence-electron chi connectivity index (χ1n) is 7.45. The van der Waals surface area contributed by atoms with Gasteiger partial charge >= 0.3 is 40.1 Å². The van der Waals surface area contributed by atoms with E-state index in [0.29, 0.717) is 0 Å². The minimum absolute atomic E-state index is 0. The molecule has 1 aliphatic rings. The molecule has 0 saturated carbocycles. The Morgan fingerprint density at radius 3 is 2.08 bits per heavy atom. The number of halogens is 2. The average Bonchev–Trinajstić information content (AvgIpc) is 3.18. The van der Waals surface area contributed by atoms with Crippen molar-refractivity contribution in [3.8, 4) is 11.1 Å². The molecule has 4 rings (SSSR count). The first-order valence-corrected chi connectivity index (χ1v) is 16.7. The van der Waals surface area contributed by atoms with E-state index in [1.54, 1.807) is 0 Å². The summed E-state index contributed by atoms with van der Waals surface area (Å²) < 4.78 is 0. The SMILES string of the molecule is [CH3][Ge]([CH3])=[Ti+2].[Cl-].[Cl-].[c-]1cccc2c1Cc1ccccc1-2.c1cc[cH-]c1. The van der Waals surface area contributed by atoms with Gasteiger partial charge in [-0.2, -0.15) is 48.0 Å². The molecular formula is C20H20Cl2GeTi-2. The summed E-state index contributed by atoms with van der Waals surface area (Å²) in [5, 5.41) is 0. The number of rotatable bonds is 0. The van der Waals surface area contributed by atoms with Crippen molar-refractivity contribution in [2.75, 3.05) is 0 Å². The average molecular weight is 452 g/mol. The van der Waals surface area contributed by atoms with Crippen LogP contribution in [0, 0.1) is 6.07 Å². The van der Waals surface area contributed by atoms with E-state index >= 15 is 0 Å².